The van der Waals surface area contributed by atoms with Crippen molar-refractivity contribution in [3.8, 4) is 5.75 Å². The highest BCUT2D eigenvalue weighted by Crippen LogP contribution is 2.34. The Labute approximate surface area is 128 Å². The molecule has 1 aromatic rings. The van der Waals surface area contributed by atoms with Gasteiger partial charge in [0, 0.05) is 31.8 Å². The zero-order valence-electron chi connectivity index (χ0n) is 12.5. The Balaban J connectivity index is 1.73. The minimum absolute atomic E-state index is 0.0188. The highest BCUT2D eigenvalue weighted by atomic mass is 16.5. The Morgan fingerprint density at radius 1 is 1.14 bits per heavy atom. The first-order valence-corrected chi connectivity index (χ1v) is 7.34. The number of carbonyl (C=O) groups is 2. The number of rotatable bonds is 1. The number of amides is 3. The molecule has 2 aliphatic heterocycles. The summed E-state index contributed by atoms with van der Waals surface area (Å²) in [6.45, 7) is 4.83. The third-order valence-electron chi connectivity index (χ3n) is 3.75. The first-order chi connectivity index (χ1) is 10.6. The summed E-state index contributed by atoms with van der Waals surface area (Å²) in [6, 6.07) is 5.18. The number of anilines is 2. The van der Waals surface area contributed by atoms with Gasteiger partial charge in [0.05, 0.1) is 25.4 Å². The molecule has 0 radical (unpaired) electrons. The van der Waals surface area contributed by atoms with Crippen LogP contribution in [0.1, 0.15) is 6.92 Å². The molecule has 7 heteroatoms. The standard InChI is InChI=1S/C15H19N3O4/c1-11(19)18-6-9-22-14-10-12(2-3-13(14)18)16-15(20)17-4-7-21-8-5-17/h2-3,10H,4-9H2,1H3,(H,16,20). The van der Waals surface area contributed by atoms with E-state index in [1.165, 1.54) is 6.92 Å². The van der Waals surface area contributed by atoms with E-state index in [1.54, 1.807) is 28.0 Å². The fourth-order valence-electron chi connectivity index (χ4n) is 2.59. The molecule has 1 N–H and O–H groups in total. The van der Waals surface area contributed by atoms with Crippen LogP contribution < -0.4 is 15.0 Å². The van der Waals surface area contributed by atoms with Gasteiger partial charge in [-0.2, -0.15) is 0 Å². The molecule has 2 aliphatic rings. The number of hydrogen-bond donors (Lipinski definition) is 1. The van der Waals surface area contributed by atoms with Crippen LogP contribution in [0.25, 0.3) is 0 Å². The Morgan fingerprint density at radius 2 is 1.91 bits per heavy atom. The van der Waals surface area contributed by atoms with Crippen LogP contribution in [0.5, 0.6) is 5.75 Å². The van der Waals surface area contributed by atoms with Gasteiger partial charge in [0.15, 0.2) is 0 Å². The van der Waals surface area contributed by atoms with Gasteiger partial charge in [-0.05, 0) is 12.1 Å². The average Bonchev–Trinajstić information content (AvgIpc) is 2.54. The fourth-order valence-corrected chi connectivity index (χ4v) is 2.59. The largest absolute Gasteiger partial charge is 0.489 e. The number of ether oxygens (including phenoxy) is 2. The Kier molecular flexibility index (Phi) is 4.15. The van der Waals surface area contributed by atoms with Crippen LogP contribution >= 0.6 is 0 Å². The van der Waals surface area contributed by atoms with Gasteiger partial charge in [-0.3, -0.25) is 4.79 Å². The number of morpholine rings is 1. The molecule has 3 rings (SSSR count). The van der Waals surface area contributed by atoms with Crippen molar-refractivity contribution in [2.24, 2.45) is 0 Å². The van der Waals surface area contributed by atoms with E-state index in [2.05, 4.69) is 5.32 Å². The maximum atomic E-state index is 12.2. The zero-order chi connectivity index (χ0) is 15.5. The third-order valence-corrected chi connectivity index (χ3v) is 3.75. The van der Waals surface area contributed by atoms with Crippen LogP contribution in [0.15, 0.2) is 18.2 Å². The summed E-state index contributed by atoms with van der Waals surface area (Å²) in [5.41, 5.74) is 1.39. The lowest BCUT2D eigenvalue weighted by Crippen LogP contribution is -2.43. The minimum Gasteiger partial charge on any atom is -0.489 e. The average molecular weight is 305 g/mol. The van der Waals surface area contributed by atoms with Crippen LogP contribution in [0.3, 0.4) is 0 Å². The van der Waals surface area contributed by atoms with Gasteiger partial charge in [0.1, 0.15) is 12.4 Å². The van der Waals surface area contributed by atoms with Crippen LogP contribution in [0.2, 0.25) is 0 Å². The zero-order valence-corrected chi connectivity index (χ0v) is 12.5. The molecular weight excluding hydrogens is 286 g/mol. The first kappa shape index (κ1) is 14.6. The Bertz CT molecular complexity index is 584. The van der Waals surface area contributed by atoms with E-state index in [1.807, 2.05) is 0 Å². The predicted octanol–water partition coefficient (Wildman–Crippen LogP) is 1.30. The maximum absolute atomic E-state index is 12.2. The number of fused-ring (bicyclic) bond motifs is 1. The van der Waals surface area contributed by atoms with Crippen molar-refractivity contribution in [1.82, 2.24) is 4.90 Å². The quantitative estimate of drug-likeness (QED) is 0.849. The van der Waals surface area contributed by atoms with Gasteiger partial charge < -0.3 is 24.6 Å². The van der Waals surface area contributed by atoms with Gasteiger partial charge in [-0.25, -0.2) is 4.79 Å². The maximum Gasteiger partial charge on any atom is 0.322 e. The number of nitrogens with zero attached hydrogens (tertiary/aromatic N) is 2. The second-order valence-electron chi connectivity index (χ2n) is 5.23. The van der Waals surface area contributed by atoms with Gasteiger partial charge in [-0.1, -0.05) is 0 Å². The molecule has 2 heterocycles. The molecule has 0 atom stereocenters. The number of benzene rings is 1. The van der Waals surface area contributed by atoms with Crippen LogP contribution in [0, 0.1) is 0 Å². The van der Waals surface area contributed by atoms with E-state index < -0.39 is 0 Å². The minimum atomic E-state index is -0.150. The van der Waals surface area contributed by atoms with Crippen molar-refractivity contribution >= 4 is 23.3 Å². The van der Waals surface area contributed by atoms with Crippen molar-refractivity contribution in [3.05, 3.63) is 18.2 Å². The molecule has 1 saturated heterocycles. The Hall–Kier alpha value is -2.28. The SMILES string of the molecule is CC(=O)N1CCOc2cc(NC(=O)N3CCOCC3)ccc21. The molecule has 7 nitrogen and oxygen atoms in total. The van der Waals surface area contributed by atoms with Crippen molar-refractivity contribution in [2.75, 3.05) is 49.7 Å². The summed E-state index contributed by atoms with van der Waals surface area (Å²) in [6.07, 6.45) is 0. The number of hydrogen-bond acceptors (Lipinski definition) is 4. The van der Waals surface area contributed by atoms with E-state index in [0.717, 1.165) is 5.69 Å². The highest BCUT2D eigenvalue weighted by molar-refractivity contribution is 5.95. The summed E-state index contributed by atoms with van der Waals surface area (Å²) in [7, 11) is 0. The summed E-state index contributed by atoms with van der Waals surface area (Å²) < 4.78 is 10.8. The second kappa shape index (κ2) is 6.23. The lowest BCUT2D eigenvalue weighted by molar-refractivity contribution is -0.116. The molecular formula is C15H19N3O4. The number of carbonyl (C=O) groups excluding carboxylic acids is 2. The van der Waals surface area contributed by atoms with E-state index >= 15 is 0 Å². The summed E-state index contributed by atoms with van der Waals surface area (Å²) >= 11 is 0. The monoisotopic (exact) mass is 305 g/mol. The molecule has 0 aliphatic carbocycles. The predicted molar refractivity (Wildman–Crippen MR) is 81.4 cm³/mol. The lowest BCUT2D eigenvalue weighted by Gasteiger charge is -2.29. The summed E-state index contributed by atoms with van der Waals surface area (Å²) in [5.74, 6) is 0.593. The lowest BCUT2D eigenvalue weighted by atomic mass is 10.2. The van der Waals surface area contributed by atoms with Gasteiger partial charge >= 0.3 is 6.03 Å². The van der Waals surface area contributed by atoms with Crippen LogP contribution in [-0.2, 0) is 9.53 Å². The summed E-state index contributed by atoms with van der Waals surface area (Å²) in [4.78, 5) is 27.2. The smallest absolute Gasteiger partial charge is 0.322 e. The van der Waals surface area contributed by atoms with Crippen molar-refractivity contribution in [3.63, 3.8) is 0 Å². The second-order valence-corrected chi connectivity index (χ2v) is 5.23. The fraction of sp³-hybridized carbons (Fsp3) is 0.467. The van der Waals surface area contributed by atoms with Crippen molar-refractivity contribution in [1.29, 1.82) is 0 Å². The molecule has 0 saturated carbocycles. The molecule has 1 aromatic carbocycles. The summed E-state index contributed by atoms with van der Waals surface area (Å²) in [5, 5.41) is 2.85. The van der Waals surface area contributed by atoms with Crippen LogP contribution in [-0.4, -0.2) is 56.3 Å². The van der Waals surface area contributed by atoms with Gasteiger partial charge in [0.25, 0.3) is 0 Å². The van der Waals surface area contributed by atoms with E-state index in [0.29, 0.717) is 50.9 Å². The molecule has 0 spiro atoms. The van der Waals surface area contributed by atoms with Gasteiger partial charge in [-0.15, -0.1) is 0 Å². The van der Waals surface area contributed by atoms with Crippen molar-refractivity contribution in [2.45, 2.75) is 6.92 Å². The topological polar surface area (TPSA) is 71.1 Å². The molecule has 22 heavy (non-hydrogen) atoms. The van der Waals surface area contributed by atoms with Gasteiger partial charge in [0.2, 0.25) is 5.91 Å². The Morgan fingerprint density at radius 3 is 2.64 bits per heavy atom. The van der Waals surface area contributed by atoms with Crippen LogP contribution in [0.4, 0.5) is 16.2 Å². The number of urea groups is 1. The molecule has 0 bridgehead atoms. The third kappa shape index (κ3) is 2.99. The molecule has 118 valence electrons. The van der Waals surface area contributed by atoms with E-state index in [9.17, 15) is 9.59 Å². The van der Waals surface area contributed by atoms with E-state index in [4.69, 9.17) is 9.47 Å². The molecule has 0 aromatic heterocycles. The normalized spacial score (nSPS) is 17.5. The highest BCUT2D eigenvalue weighted by Gasteiger charge is 2.22. The first-order valence-electron chi connectivity index (χ1n) is 7.34. The number of nitrogens with one attached hydrogen (secondary N) is 1. The van der Waals surface area contributed by atoms with E-state index in [-0.39, 0.29) is 11.9 Å². The molecule has 3 amide bonds. The molecule has 1 fully saturated rings. The van der Waals surface area contributed by atoms with Crippen molar-refractivity contribution < 1.29 is 19.1 Å². The molecule has 0 unspecified atom stereocenters.